The quantitative estimate of drug-likeness (QED) is 0.682. The highest BCUT2D eigenvalue weighted by atomic mass is 16.5. The van der Waals surface area contributed by atoms with Crippen molar-refractivity contribution in [1.82, 2.24) is 0 Å². The number of hydrogen-bond donors (Lipinski definition) is 3. The zero-order chi connectivity index (χ0) is 16.2. The lowest BCUT2D eigenvalue weighted by Gasteiger charge is -2.12. The minimum Gasteiger partial charge on any atom is -0.508 e. The predicted molar refractivity (Wildman–Crippen MR) is 86.8 cm³/mol. The topological polar surface area (TPSA) is 69.9 Å². The van der Waals surface area contributed by atoms with Crippen LogP contribution in [0.2, 0.25) is 0 Å². The van der Waals surface area contributed by atoms with Crippen LogP contribution in [0.4, 0.5) is 0 Å². The Bertz CT molecular complexity index is 762. The summed E-state index contributed by atoms with van der Waals surface area (Å²) in [6.07, 6.45) is -0.765. The van der Waals surface area contributed by atoms with E-state index in [2.05, 4.69) is 0 Å². The van der Waals surface area contributed by atoms with Gasteiger partial charge >= 0.3 is 0 Å². The van der Waals surface area contributed by atoms with Gasteiger partial charge in [0.15, 0.2) is 0 Å². The van der Waals surface area contributed by atoms with Crippen LogP contribution in [-0.4, -0.2) is 15.3 Å². The summed E-state index contributed by atoms with van der Waals surface area (Å²) in [6.45, 7) is 0. The van der Waals surface area contributed by atoms with Crippen molar-refractivity contribution in [3.8, 4) is 23.0 Å². The van der Waals surface area contributed by atoms with Gasteiger partial charge < -0.3 is 20.1 Å². The van der Waals surface area contributed by atoms with Gasteiger partial charge in [0.1, 0.15) is 29.1 Å². The summed E-state index contributed by atoms with van der Waals surface area (Å²) >= 11 is 0. The molecule has 4 nitrogen and oxygen atoms in total. The molecule has 0 saturated carbocycles. The van der Waals surface area contributed by atoms with Gasteiger partial charge in [-0.25, -0.2) is 0 Å². The van der Waals surface area contributed by atoms with Gasteiger partial charge in [0, 0.05) is 0 Å². The van der Waals surface area contributed by atoms with Crippen molar-refractivity contribution in [2.45, 2.75) is 6.10 Å². The van der Waals surface area contributed by atoms with E-state index >= 15 is 0 Å². The summed E-state index contributed by atoms with van der Waals surface area (Å²) in [7, 11) is 0. The first kappa shape index (κ1) is 14.9. The van der Waals surface area contributed by atoms with E-state index < -0.39 is 6.10 Å². The van der Waals surface area contributed by atoms with Crippen LogP contribution in [0.3, 0.4) is 0 Å². The number of aliphatic hydroxyl groups excluding tert-OH is 1. The van der Waals surface area contributed by atoms with Gasteiger partial charge in [0.25, 0.3) is 0 Å². The summed E-state index contributed by atoms with van der Waals surface area (Å²) in [5.41, 5.74) is 1.43. The maximum Gasteiger partial charge on any atom is 0.127 e. The first-order valence-electron chi connectivity index (χ1n) is 7.16. The van der Waals surface area contributed by atoms with Crippen molar-refractivity contribution < 1.29 is 20.1 Å². The molecule has 3 rings (SSSR count). The highest BCUT2D eigenvalue weighted by Gasteiger charge is 2.10. The molecule has 0 aromatic heterocycles. The molecule has 0 aliphatic heterocycles. The predicted octanol–water partition coefficient (Wildman–Crippen LogP) is 3.97. The average Bonchev–Trinajstić information content (AvgIpc) is 2.58. The fourth-order valence-corrected chi connectivity index (χ4v) is 2.22. The Kier molecular flexibility index (Phi) is 4.17. The van der Waals surface area contributed by atoms with Crippen molar-refractivity contribution in [2.75, 3.05) is 0 Å². The Balaban J connectivity index is 1.73. The number of rotatable bonds is 4. The van der Waals surface area contributed by atoms with Crippen LogP contribution in [0, 0.1) is 0 Å². The molecule has 0 amide bonds. The molecule has 1 unspecified atom stereocenters. The van der Waals surface area contributed by atoms with E-state index in [1.54, 1.807) is 72.8 Å². The second-order valence-corrected chi connectivity index (χ2v) is 5.16. The van der Waals surface area contributed by atoms with Crippen LogP contribution >= 0.6 is 0 Å². The van der Waals surface area contributed by atoms with Crippen molar-refractivity contribution in [2.24, 2.45) is 0 Å². The fraction of sp³-hybridized carbons (Fsp3) is 0.0526. The molecule has 0 aliphatic rings. The van der Waals surface area contributed by atoms with Gasteiger partial charge in [0.05, 0.1) is 0 Å². The minimum atomic E-state index is -0.765. The molecule has 0 saturated heterocycles. The van der Waals surface area contributed by atoms with Crippen molar-refractivity contribution in [3.63, 3.8) is 0 Å². The Morgan fingerprint density at radius 3 is 1.39 bits per heavy atom. The second-order valence-electron chi connectivity index (χ2n) is 5.16. The van der Waals surface area contributed by atoms with E-state index in [1.807, 2.05) is 0 Å². The standard InChI is InChI=1S/C19H16O4/c20-15-5-1-13(2-6-15)19(22)14-3-9-17(10-4-14)23-18-11-7-16(21)8-12-18/h1-12,19-22H. The molecule has 3 N–H and O–H groups in total. The molecule has 0 heterocycles. The van der Waals surface area contributed by atoms with E-state index in [-0.39, 0.29) is 11.5 Å². The van der Waals surface area contributed by atoms with Crippen LogP contribution in [0.15, 0.2) is 72.8 Å². The molecule has 0 bridgehead atoms. The Morgan fingerprint density at radius 2 is 0.913 bits per heavy atom. The second kappa shape index (κ2) is 6.42. The Labute approximate surface area is 133 Å². The molecular weight excluding hydrogens is 292 g/mol. The molecule has 3 aromatic rings. The molecule has 0 fully saturated rings. The van der Waals surface area contributed by atoms with E-state index in [0.29, 0.717) is 17.1 Å². The average molecular weight is 308 g/mol. The van der Waals surface area contributed by atoms with Crippen LogP contribution in [0.1, 0.15) is 17.2 Å². The number of hydrogen-bond acceptors (Lipinski definition) is 4. The van der Waals surface area contributed by atoms with Gasteiger partial charge in [-0.1, -0.05) is 24.3 Å². The lowest BCUT2D eigenvalue weighted by molar-refractivity contribution is 0.220. The lowest BCUT2D eigenvalue weighted by atomic mass is 10.0. The molecule has 23 heavy (non-hydrogen) atoms. The molecular formula is C19H16O4. The van der Waals surface area contributed by atoms with E-state index in [9.17, 15) is 15.3 Å². The number of phenols is 2. The van der Waals surface area contributed by atoms with Crippen LogP contribution < -0.4 is 4.74 Å². The fourth-order valence-electron chi connectivity index (χ4n) is 2.22. The number of aromatic hydroxyl groups is 2. The third-order valence-electron chi connectivity index (χ3n) is 3.48. The van der Waals surface area contributed by atoms with E-state index in [1.165, 1.54) is 0 Å². The van der Waals surface area contributed by atoms with E-state index in [4.69, 9.17) is 4.74 Å². The summed E-state index contributed by atoms with van der Waals surface area (Å²) in [5.74, 6) is 1.61. The van der Waals surface area contributed by atoms with Gasteiger partial charge in [-0.2, -0.15) is 0 Å². The smallest absolute Gasteiger partial charge is 0.127 e. The number of benzene rings is 3. The normalized spacial score (nSPS) is 11.9. The van der Waals surface area contributed by atoms with Crippen molar-refractivity contribution in [1.29, 1.82) is 0 Å². The monoisotopic (exact) mass is 308 g/mol. The molecule has 0 aliphatic carbocycles. The SMILES string of the molecule is Oc1ccc(Oc2ccc(C(O)c3ccc(O)cc3)cc2)cc1. The molecule has 3 aromatic carbocycles. The van der Waals surface area contributed by atoms with Crippen molar-refractivity contribution in [3.05, 3.63) is 83.9 Å². The summed E-state index contributed by atoms with van der Waals surface area (Å²) < 4.78 is 5.66. The van der Waals surface area contributed by atoms with Gasteiger partial charge in [-0.15, -0.1) is 0 Å². The molecule has 0 radical (unpaired) electrons. The third-order valence-corrected chi connectivity index (χ3v) is 3.48. The highest BCUT2D eigenvalue weighted by molar-refractivity contribution is 5.38. The zero-order valence-corrected chi connectivity index (χ0v) is 12.3. The molecule has 116 valence electrons. The van der Waals surface area contributed by atoms with E-state index in [0.717, 1.165) is 5.56 Å². The minimum absolute atomic E-state index is 0.165. The highest BCUT2D eigenvalue weighted by Crippen LogP contribution is 2.27. The van der Waals surface area contributed by atoms with Crippen LogP contribution in [0.5, 0.6) is 23.0 Å². The number of ether oxygens (including phenoxy) is 1. The summed E-state index contributed by atoms with van der Waals surface area (Å²) in [6, 6.07) is 20.0. The lowest BCUT2D eigenvalue weighted by Crippen LogP contribution is -1.99. The first-order chi connectivity index (χ1) is 11.1. The maximum absolute atomic E-state index is 10.3. The maximum atomic E-state index is 10.3. The molecule has 0 spiro atoms. The third kappa shape index (κ3) is 3.62. The molecule has 4 heteroatoms. The zero-order valence-electron chi connectivity index (χ0n) is 12.3. The molecule has 1 atom stereocenters. The van der Waals surface area contributed by atoms with Gasteiger partial charge in [-0.05, 0) is 59.7 Å². The largest absolute Gasteiger partial charge is 0.508 e. The van der Waals surface area contributed by atoms with Crippen LogP contribution in [-0.2, 0) is 0 Å². The Hall–Kier alpha value is -2.98. The summed E-state index contributed by atoms with van der Waals surface area (Å²) in [5, 5.41) is 28.9. The number of aliphatic hydroxyl groups is 1. The van der Waals surface area contributed by atoms with Crippen LogP contribution in [0.25, 0.3) is 0 Å². The Morgan fingerprint density at radius 1 is 0.565 bits per heavy atom. The number of phenolic OH excluding ortho intramolecular Hbond substituents is 2. The van der Waals surface area contributed by atoms with Gasteiger partial charge in [-0.3, -0.25) is 0 Å². The van der Waals surface area contributed by atoms with Crippen molar-refractivity contribution >= 4 is 0 Å². The van der Waals surface area contributed by atoms with Gasteiger partial charge in [0.2, 0.25) is 0 Å². The summed E-state index contributed by atoms with van der Waals surface area (Å²) in [4.78, 5) is 0. The first-order valence-corrected chi connectivity index (χ1v) is 7.16.